The molecule has 1 amide bonds. The van der Waals surface area contributed by atoms with Crippen molar-refractivity contribution in [2.75, 3.05) is 14.2 Å². The number of nitrogens with zero attached hydrogens (tertiary/aromatic N) is 1. The zero-order chi connectivity index (χ0) is 18.5. The highest BCUT2D eigenvalue weighted by Gasteiger charge is 2.15. The van der Waals surface area contributed by atoms with Crippen molar-refractivity contribution in [3.63, 3.8) is 0 Å². The summed E-state index contributed by atoms with van der Waals surface area (Å²) in [6.45, 7) is 0.313. The number of rotatable bonds is 6. The highest BCUT2D eigenvalue weighted by molar-refractivity contribution is 5.99. The van der Waals surface area contributed by atoms with Crippen LogP contribution in [0.3, 0.4) is 0 Å². The van der Waals surface area contributed by atoms with Crippen LogP contribution >= 0.6 is 0 Å². The van der Waals surface area contributed by atoms with E-state index >= 15 is 0 Å². The number of ether oxygens (including phenoxy) is 2. The van der Waals surface area contributed by atoms with Crippen molar-refractivity contribution in [1.82, 2.24) is 15.5 Å². The number of benzene rings is 2. The predicted octanol–water partition coefficient (Wildman–Crippen LogP) is 3.16. The fourth-order valence-electron chi connectivity index (χ4n) is 2.56. The van der Waals surface area contributed by atoms with Crippen LogP contribution in [0, 0.1) is 5.82 Å². The molecule has 26 heavy (non-hydrogen) atoms. The second-order valence-electron chi connectivity index (χ2n) is 5.54. The Morgan fingerprint density at radius 3 is 2.54 bits per heavy atom. The molecule has 0 bridgehead atoms. The summed E-state index contributed by atoms with van der Waals surface area (Å²) in [5, 5.41) is 9.56. The minimum Gasteiger partial charge on any atom is -0.493 e. The van der Waals surface area contributed by atoms with Crippen LogP contribution in [0.5, 0.6) is 11.5 Å². The molecule has 0 aliphatic carbocycles. The normalized spacial score (nSPS) is 10.4. The van der Waals surface area contributed by atoms with Crippen molar-refractivity contribution in [2.24, 2.45) is 0 Å². The maximum atomic E-state index is 13.1. The fourth-order valence-corrected chi connectivity index (χ4v) is 2.56. The van der Waals surface area contributed by atoms with Crippen LogP contribution in [-0.4, -0.2) is 30.3 Å². The number of hydrogen-bond acceptors (Lipinski definition) is 4. The van der Waals surface area contributed by atoms with E-state index < -0.39 is 0 Å². The Balaban J connectivity index is 1.74. The van der Waals surface area contributed by atoms with Gasteiger partial charge in [0.1, 0.15) is 5.82 Å². The summed E-state index contributed by atoms with van der Waals surface area (Å²) in [5.41, 5.74) is 2.47. The lowest BCUT2D eigenvalue weighted by atomic mass is 10.1. The lowest BCUT2D eigenvalue weighted by Crippen LogP contribution is -2.23. The molecule has 0 unspecified atom stereocenters. The van der Waals surface area contributed by atoms with E-state index in [1.54, 1.807) is 38.5 Å². The topological polar surface area (TPSA) is 76.2 Å². The van der Waals surface area contributed by atoms with Gasteiger partial charge in [-0.25, -0.2) is 4.39 Å². The number of aromatic amines is 1. The average Bonchev–Trinajstić information content (AvgIpc) is 3.16. The number of aromatic nitrogens is 2. The highest BCUT2D eigenvalue weighted by atomic mass is 19.1. The van der Waals surface area contributed by atoms with Gasteiger partial charge in [0.15, 0.2) is 11.5 Å². The van der Waals surface area contributed by atoms with E-state index in [1.807, 2.05) is 6.07 Å². The molecule has 0 saturated heterocycles. The molecule has 0 aliphatic rings. The van der Waals surface area contributed by atoms with Crippen LogP contribution in [-0.2, 0) is 6.54 Å². The third-order valence-corrected chi connectivity index (χ3v) is 3.92. The van der Waals surface area contributed by atoms with Gasteiger partial charge in [-0.2, -0.15) is 5.10 Å². The van der Waals surface area contributed by atoms with Crippen LogP contribution in [0.25, 0.3) is 11.3 Å². The van der Waals surface area contributed by atoms with Gasteiger partial charge in [0.05, 0.1) is 31.7 Å². The third-order valence-electron chi connectivity index (χ3n) is 3.92. The van der Waals surface area contributed by atoms with Crippen LogP contribution in [0.2, 0.25) is 0 Å². The maximum Gasteiger partial charge on any atom is 0.255 e. The van der Waals surface area contributed by atoms with Crippen LogP contribution < -0.4 is 14.8 Å². The molecular weight excluding hydrogens is 337 g/mol. The van der Waals surface area contributed by atoms with Crippen LogP contribution in [0.15, 0.2) is 48.7 Å². The van der Waals surface area contributed by atoms with E-state index in [0.29, 0.717) is 34.9 Å². The molecule has 1 heterocycles. The first kappa shape index (κ1) is 17.5. The first-order chi connectivity index (χ1) is 12.6. The van der Waals surface area contributed by atoms with Gasteiger partial charge < -0.3 is 14.8 Å². The molecule has 2 aromatic carbocycles. The lowest BCUT2D eigenvalue weighted by molar-refractivity contribution is 0.0951. The van der Waals surface area contributed by atoms with Crippen molar-refractivity contribution in [1.29, 1.82) is 0 Å². The summed E-state index contributed by atoms with van der Waals surface area (Å²) >= 11 is 0. The van der Waals surface area contributed by atoms with Gasteiger partial charge in [-0.1, -0.05) is 6.07 Å². The lowest BCUT2D eigenvalue weighted by Gasteiger charge is -2.10. The Morgan fingerprint density at radius 1 is 1.12 bits per heavy atom. The van der Waals surface area contributed by atoms with Gasteiger partial charge >= 0.3 is 0 Å². The largest absolute Gasteiger partial charge is 0.493 e. The standard InChI is InChI=1S/C19H18FN3O3/c1-25-16-8-3-12(9-17(16)26-2)10-21-19(24)15-11-22-23-18(15)13-4-6-14(20)7-5-13/h3-9,11H,10H2,1-2H3,(H,21,24)(H,22,23). The first-order valence-corrected chi connectivity index (χ1v) is 7.90. The van der Waals surface area contributed by atoms with Crippen molar-refractivity contribution >= 4 is 5.91 Å². The SMILES string of the molecule is COc1ccc(CNC(=O)c2cn[nH]c2-c2ccc(F)cc2)cc1OC. The Bertz CT molecular complexity index is 907. The molecule has 1 aromatic heterocycles. The molecule has 7 heteroatoms. The van der Waals surface area contributed by atoms with Gasteiger partial charge in [-0.05, 0) is 42.0 Å². The molecule has 6 nitrogen and oxygen atoms in total. The molecule has 2 N–H and O–H groups in total. The zero-order valence-electron chi connectivity index (χ0n) is 14.4. The minimum absolute atomic E-state index is 0.284. The molecule has 134 valence electrons. The van der Waals surface area contributed by atoms with E-state index in [4.69, 9.17) is 9.47 Å². The molecule has 0 aliphatic heterocycles. The summed E-state index contributed by atoms with van der Waals surface area (Å²) in [6, 6.07) is 11.3. The molecular formula is C19H18FN3O3. The summed E-state index contributed by atoms with van der Waals surface area (Å²) in [7, 11) is 3.12. The molecule has 0 saturated carbocycles. The Hall–Kier alpha value is -3.35. The second kappa shape index (κ2) is 7.69. The van der Waals surface area contributed by atoms with Crippen molar-refractivity contribution in [3.8, 4) is 22.8 Å². The number of hydrogen-bond donors (Lipinski definition) is 2. The van der Waals surface area contributed by atoms with Crippen molar-refractivity contribution in [3.05, 3.63) is 65.6 Å². The van der Waals surface area contributed by atoms with Gasteiger partial charge in [0.25, 0.3) is 5.91 Å². The number of H-pyrrole nitrogens is 1. The summed E-state index contributed by atoms with van der Waals surface area (Å²) in [4.78, 5) is 12.5. The van der Waals surface area contributed by atoms with E-state index in [-0.39, 0.29) is 11.7 Å². The van der Waals surface area contributed by atoms with Gasteiger partial charge in [0, 0.05) is 12.1 Å². The maximum absolute atomic E-state index is 13.1. The Labute approximate surface area is 150 Å². The van der Waals surface area contributed by atoms with Gasteiger partial charge in [-0.15, -0.1) is 0 Å². The van der Waals surface area contributed by atoms with Crippen LogP contribution in [0.4, 0.5) is 4.39 Å². The van der Waals surface area contributed by atoms with E-state index in [9.17, 15) is 9.18 Å². The summed E-state index contributed by atoms with van der Waals surface area (Å²) < 4.78 is 23.5. The van der Waals surface area contributed by atoms with E-state index in [0.717, 1.165) is 5.56 Å². The average molecular weight is 355 g/mol. The Morgan fingerprint density at radius 2 is 1.85 bits per heavy atom. The van der Waals surface area contributed by atoms with Crippen molar-refractivity contribution < 1.29 is 18.7 Å². The summed E-state index contributed by atoms with van der Waals surface area (Å²) in [5.74, 6) is 0.589. The molecule has 3 aromatic rings. The van der Waals surface area contributed by atoms with Crippen LogP contribution in [0.1, 0.15) is 15.9 Å². The molecule has 0 spiro atoms. The van der Waals surface area contributed by atoms with E-state index in [2.05, 4.69) is 15.5 Å². The monoisotopic (exact) mass is 355 g/mol. The minimum atomic E-state index is -0.340. The number of carbonyl (C=O) groups is 1. The molecule has 0 fully saturated rings. The fraction of sp³-hybridized carbons (Fsp3) is 0.158. The molecule has 0 radical (unpaired) electrons. The zero-order valence-corrected chi connectivity index (χ0v) is 14.4. The molecule has 0 atom stereocenters. The number of halogens is 1. The number of nitrogens with one attached hydrogen (secondary N) is 2. The van der Waals surface area contributed by atoms with E-state index in [1.165, 1.54) is 18.3 Å². The predicted molar refractivity (Wildman–Crippen MR) is 94.7 cm³/mol. The highest BCUT2D eigenvalue weighted by Crippen LogP contribution is 2.27. The summed E-state index contributed by atoms with van der Waals surface area (Å²) in [6.07, 6.45) is 1.45. The second-order valence-corrected chi connectivity index (χ2v) is 5.54. The number of methoxy groups -OCH3 is 2. The van der Waals surface area contributed by atoms with Crippen molar-refractivity contribution in [2.45, 2.75) is 6.54 Å². The Kier molecular flexibility index (Phi) is 5.17. The smallest absolute Gasteiger partial charge is 0.255 e. The van der Waals surface area contributed by atoms with Gasteiger partial charge in [0.2, 0.25) is 0 Å². The molecule has 3 rings (SSSR count). The number of carbonyl (C=O) groups excluding carboxylic acids is 1. The quantitative estimate of drug-likeness (QED) is 0.712. The third kappa shape index (κ3) is 3.66. The number of amides is 1. The first-order valence-electron chi connectivity index (χ1n) is 7.90. The van der Waals surface area contributed by atoms with Gasteiger partial charge in [-0.3, -0.25) is 9.89 Å².